The normalized spacial score (nSPS) is 10.4. The highest BCUT2D eigenvalue weighted by atomic mass is 19.1. The van der Waals surface area contributed by atoms with E-state index >= 15 is 0 Å². The molecule has 2 nitrogen and oxygen atoms in total. The Morgan fingerprint density at radius 3 is 2.56 bits per heavy atom. The number of halogens is 1. The van der Waals surface area contributed by atoms with Crippen molar-refractivity contribution in [2.45, 2.75) is 46.0 Å². The average molecular weight is 252 g/mol. The van der Waals surface area contributed by atoms with Crippen molar-refractivity contribution in [1.29, 1.82) is 0 Å². The van der Waals surface area contributed by atoms with Gasteiger partial charge in [-0.3, -0.25) is 4.79 Å². The molecule has 0 bridgehead atoms. The summed E-state index contributed by atoms with van der Waals surface area (Å²) in [5.74, 6) is -0.280. The van der Waals surface area contributed by atoms with E-state index in [2.05, 4.69) is 6.92 Å². The van der Waals surface area contributed by atoms with Crippen molar-refractivity contribution in [2.24, 2.45) is 0 Å². The molecule has 0 saturated heterocycles. The van der Waals surface area contributed by atoms with E-state index in [1.807, 2.05) is 0 Å². The van der Waals surface area contributed by atoms with E-state index in [4.69, 9.17) is 4.74 Å². The molecule has 0 aliphatic heterocycles. The van der Waals surface area contributed by atoms with Crippen molar-refractivity contribution < 1.29 is 13.9 Å². The number of unbranched alkanes of at least 4 members (excludes halogenated alkanes) is 4. The Bertz CT molecular complexity index is 388. The van der Waals surface area contributed by atoms with Gasteiger partial charge in [-0.25, -0.2) is 4.39 Å². The molecular weight excluding hydrogens is 231 g/mol. The Kier molecular flexibility index (Phi) is 6.40. The fourth-order valence-electron chi connectivity index (χ4n) is 1.77. The van der Waals surface area contributed by atoms with Crippen LogP contribution >= 0.6 is 0 Å². The Labute approximate surface area is 108 Å². The topological polar surface area (TPSA) is 26.3 Å². The molecule has 0 aliphatic rings. The van der Waals surface area contributed by atoms with Crippen molar-refractivity contribution in [2.75, 3.05) is 6.61 Å². The lowest BCUT2D eigenvalue weighted by Gasteiger charge is -2.07. The minimum absolute atomic E-state index is 0.116. The molecule has 0 unspecified atom stereocenters. The first kappa shape index (κ1) is 14.7. The predicted molar refractivity (Wildman–Crippen MR) is 70.7 cm³/mol. The fraction of sp³-hybridized carbons (Fsp3) is 0.533. The second-order valence-electron chi connectivity index (χ2n) is 4.46. The number of rotatable bonds is 8. The van der Waals surface area contributed by atoms with Gasteiger partial charge in [0.15, 0.2) is 5.78 Å². The second kappa shape index (κ2) is 7.85. The van der Waals surface area contributed by atoms with Gasteiger partial charge < -0.3 is 4.74 Å². The van der Waals surface area contributed by atoms with Crippen LogP contribution in [0.25, 0.3) is 0 Å². The molecule has 0 radical (unpaired) electrons. The Hall–Kier alpha value is -1.38. The lowest BCUT2D eigenvalue weighted by molar-refractivity contribution is 0.101. The van der Waals surface area contributed by atoms with E-state index in [-0.39, 0.29) is 11.3 Å². The molecule has 0 aromatic heterocycles. The maximum atomic E-state index is 13.5. The lowest BCUT2D eigenvalue weighted by Crippen LogP contribution is -2.00. The molecule has 0 spiro atoms. The van der Waals surface area contributed by atoms with Crippen molar-refractivity contribution in [3.8, 4) is 5.75 Å². The summed E-state index contributed by atoms with van der Waals surface area (Å²) in [6.45, 7) is 4.13. The van der Waals surface area contributed by atoms with Crippen LogP contribution in [0.5, 0.6) is 5.75 Å². The summed E-state index contributed by atoms with van der Waals surface area (Å²) in [5, 5.41) is 0. The van der Waals surface area contributed by atoms with Crippen LogP contribution in [-0.4, -0.2) is 12.4 Å². The summed E-state index contributed by atoms with van der Waals surface area (Å²) in [6.07, 6.45) is 5.82. The van der Waals surface area contributed by atoms with Gasteiger partial charge in [-0.15, -0.1) is 0 Å². The molecule has 1 rings (SSSR count). The smallest absolute Gasteiger partial charge is 0.162 e. The number of carbonyl (C=O) groups is 1. The molecule has 18 heavy (non-hydrogen) atoms. The van der Waals surface area contributed by atoms with Gasteiger partial charge in [0.05, 0.1) is 12.2 Å². The van der Waals surface area contributed by atoms with Crippen LogP contribution in [0.3, 0.4) is 0 Å². The van der Waals surface area contributed by atoms with Crippen LogP contribution in [0.1, 0.15) is 56.3 Å². The first-order valence-electron chi connectivity index (χ1n) is 6.58. The highest BCUT2D eigenvalue weighted by Gasteiger charge is 2.07. The van der Waals surface area contributed by atoms with Crippen LogP contribution in [-0.2, 0) is 0 Å². The summed E-state index contributed by atoms with van der Waals surface area (Å²) in [7, 11) is 0. The molecule has 0 aliphatic carbocycles. The lowest BCUT2D eigenvalue weighted by atomic mass is 10.1. The molecule has 100 valence electrons. The molecule has 3 heteroatoms. The number of Topliss-reactive ketones (excluding diaryl/α,β-unsaturated/α-hetero) is 1. The number of benzene rings is 1. The van der Waals surface area contributed by atoms with E-state index < -0.39 is 5.82 Å². The van der Waals surface area contributed by atoms with Crippen LogP contribution in [0.2, 0.25) is 0 Å². The number of ether oxygens (including phenoxy) is 1. The van der Waals surface area contributed by atoms with Crippen molar-refractivity contribution in [3.05, 3.63) is 29.6 Å². The molecule has 0 fully saturated rings. The largest absolute Gasteiger partial charge is 0.493 e. The predicted octanol–water partition coefficient (Wildman–Crippen LogP) is 4.38. The summed E-state index contributed by atoms with van der Waals surface area (Å²) >= 11 is 0. The quantitative estimate of drug-likeness (QED) is 0.507. The Morgan fingerprint density at radius 2 is 1.94 bits per heavy atom. The second-order valence-corrected chi connectivity index (χ2v) is 4.46. The molecule has 1 aromatic carbocycles. The molecule has 0 heterocycles. The number of hydrogen-bond acceptors (Lipinski definition) is 2. The third-order valence-corrected chi connectivity index (χ3v) is 2.84. The summed E-state index contributed by atoms with van der Waals surface area (Å²) in [5.41, 5.74) is 0.116. The van der Waals surface area contributed by atoms with Crippen molar-refractivity contribution in [3.63, 3.8) is 0 Å². The van der Waals surface area contributed by atoms with Crippen LogP contribution in [0.4, 0.5) is 4.39 Å². The summed E-state index contributed by atoms with van der Waals surface area (Å²) in [4.78, 5) is 11.1. The zero-order valence-electron chi connectivity index (χ0n) is 11.2. The first-order chi connectivity index (χ1) is 8.65. The van der Waals surface area contributed by atoms with Gasteiger partial charge in [-0.05, 0) is 25.5 Å². The molecule has 0 N–H and O–H groups in total. The average Bonchev–Trinajstić information content (AvgIpc) is 2.33. The van der Waals surface area contributed by atoms with Gasteiger partial charge in [0.2, 0.25) is 0 Å². The van der Waals surface area contributed by atoms with E-state index in [1.165, 1.54) is 38.3 Å². The van der Waals surface area contributed by atoms with E-state index in [0.29, 0.717) is 12.4 Å². The molecule has 0 amide bonds. The molecule has 1 aromatic rings. The monoisotopic (exact) mass is 252 g/mol. The Morgan fingerprint density at radius 1 is 1.22 bits per heavy atom. The van der Waals surface area contributed by atoms with Crippen LogP contribution in [0, 0.1) is 5.82 Å². The summed E-state index contributed by atoms with van der Waals surface area (Å²) < 4.78 is 18.9. The van der Waals surface area contributed by atoms with Crippen molar-refractivity contribution >= 4 is 5.78 Å². The Balaban J connectivity index is 2.35. The van der Waals surface area contributed by atoms with Gasteiger partial charge in [0.25, 0.3) is 0 Å². The SMILES string of the molecule is CCCCCCCOc1ccc(C(C)=O)c(F)c1. The molecule has 0 saturated carbocycles. The molecular formula is C15H21FO2. The number of ketones is 1. The van der Waals surface area contributed by atoms with Gasteiger partial charge >= 0.3 is 0 Å². The third kappa shape index (κ3) is 4.86. The molecule has 0 atom stereocenters. The van der Waals surface area contributed by atoms with Gasteiger partial charge in [0, 0.05) is 6.07 Å². The standard InChI is InChI=1S/C15H21FO2/c1-3-4-5-6-7-10-18-13-8-9-14(12(2)17)15(16)11-13/h8-9,11H,3-7,10H2,1-2H3. The van der Waals surface area contributed by atoms with E-state index in [1.54, 1.807) is 6.07 Å². The third-order valence-electron chi connectivity index (χ3n) is 2.84. The van der Waals surface area contributed by atoms with Gasteiger partial charge in [-0.2, -0.15) is 0 Å². The number of hydrogen-bond donors (Lipinski definition) is 0. The summed E-state index contributed by atoms with van der Waals surface area (Å²) in [6, 6.07) is 4.40. The van der Waals surface area contributed by atoms with Crippen molar-refractivity contribution in [1.82, 2.24) is 0 Å². The maximum Gasteiger partial charge on any atom is 0.162 e. The minimum atomic E-state index is -0.508. The van der Waals surface area contributed by atoms with Crippen LogP contribution < -0.4 is 4.74 Å². The fourth-order valence-corrected chi connectivity index (χ4v) is 1.77. The zero-order valence-corrected chi connectivity index (χ0v) is 11.2. The highest BCUT2D eigenvalue weighted by molar-refractivity contribution is 5.94. The zero-order chi connectivity index (χ0) is 13.4. The number of carbonyl (C=O) groups excluding carboxylic acids is 1. The first-order valence-corrected chi connectivity index (χ1v) is 6.58. The minimum Gasteiger partial charge on any atom is -0.493 e. The van der Waals surface area contributed by atoms with E-state index in [9.17, 15) is 9.18 Å². The van der Waals surface area contributed by atoms with E-state index in [0.717, 1.165) is 12.8 Å². The highest BCUT2D eigenvalue weighted by Crippen LogP contribution is 2.17. The van der Waals surface area contributed by atoms with Gasteiger partial charge in [0.1, 0.15) is 11.6 Å². The van der Waals surface area contributed by atoms with Gasteiger partial charge in [-0.1, -0.05) is 32.6 Å². The van der Waals surface area contributed by atoms with Crippen LogP contribution in [0.15, 0.2) is 18.2 Å². The maximum absolute atomic E-state index is 13.5.